The fourth-order valence-electron chi connectivity index (χ4n) is 2.53. The number of hydrogen-bond acceptors (Lipinski definition) is 3. The van der Waals surface area contributed by atoms with Crippen molar-refractivity contribution >= 4 is 40.8 Å². The summed E-state index contributed by atoms with van der Waals surface area (Å²) in [4.78, 5) is 24.6. The van der Waals surface area contributed by atoms with Gasteiger partial charge in [0, 0.05) is 0 Å². The van der Waals surface area contributed by atoms with E-state index in [9.17, 15) is 9.59 Å². The average molecular weight is 400 g/mol. The van der Waals surface area contributed by atoms with Crippen LogP contribution < -0.4 is 5.32 Å². The number of halogens is 2. The predicted molar refractivity (Wildman–Crippen MR) is 107 cm³/mol. The van der Waals surface area contributed by atoms with E-state index in [-0.39, 0.29) is 5.69 Å². The highest BCUT2D eigenvalue weighted by Gasteiger charge is 2.16. The van der Waals surface area contributed by atoms with Crippen LogP contribution in [0.1, 0.15) is 10.4 Å². The van der Waals surface area contributed by atoms with Gasteiger partial charge in [0.2, 0.25) is 0 Å². The first-order chi connectivity index (χ1) is 13.1. The Bertz CT molecular complexity index is 954. The zero-order valence-electron chi connectivity index (χ0n) is 14.1. The summed E-state index contributed by atoms with van der Waals surface area (Å²) < 4.78 is 5.17. The lowest BCUT2D eigenvalue weighted by Gasteiger charge is -2.11. The molecule has 0 aliphatic rings. The number of anilines is 1. The summed E-state index contributed by atoms with van der Waals surface area (Å²) in [5.41, 5.74) is 2.29. The van der Waals surface area contributed by atoms with E-state index >= 15 is 0 Å². The summed E-state index contributed by atoms with van der Waals surface area (Å²) in [6.45, 7) is -0.455. The summed E-state index contributed by atoms with van der Waals surface area (Å²) in [5, 5.41) is 3.16. The minimum absolute atomic E-state index is 0.284. The highest BCUT2D eigenvalue weighted by Crippen LogP contribution is 2.29. The van der Waals surface area contributed by atoms with E-state index in [1.807, 2.05) is 42.5 Å². The third kappa shape index (κ3) is 4.67. The van der Waals surface area contributed by atoms with Gasteiger partial charge in [-0.25, -0.2) is 4.79 Å². The third-order valence-corrected chi connectivity index (χ3v) is 4.42. The highest BCUT2D eigenvalue weighted by atomic mass is 35.5. The molecule has 0 unspecified atom stereocenters. The van der Waals surface area contributed by atoms with E-state index in [1.54, 1.807) is 30.3 Å². The number of para-hydroxylation sites is 1. The van der Waals surface area contributed by atoms with Gasteiger partial charge in [-0.15, -0.1) is 0 Å². The number of nitrogens with one attached hydrogen (secondary N) is 1. The number of ether oxygens (including phenoxy) is 1. The molecule has 27 heavy (non-hydrogen) atoms. The molecule has 0 radical (unpaired) electrons. The quantitative estimate of drug-likeness (QED) is 0.579. The summed E-state index contributed by atoms with van der Waals surface area (Å²) in [6, 6.07) is 21.4. The van der Waals surface area contributed by atoms with Crippen molar-refractivity contribution in [2.45, 2.75) is 0 Å². The predicted octanol–water partition coefficient (Wildman–Crippen LogP) is 5.46. The standard InChI is InChI=1S/C21H15Cl2NO3/c22-17-11-6-12-18(23)20(17)24-19(25)13-27-21(26)16-10-5-4-9-15(16)14-7-2-1-3-8-14/h1-12H,13H2,(H,24,25). The van der Waals surface area contributed by atoms with Crippen molar-refractivity contribution in [2.75, 3.05) is 11.9 Å². The van der Waals surface area contributed by atoms with Gasteiger partial charge < -0.3 is 10.1 Å². The maximum Gasteiger partial charge on any atom is 0.339 e. The lowest BCUT2D eigenvalue weighted by molar-refractivity contribution is -0.119. The van der Waals surface area contributed by atoms with Crippen LogP contribution in [-0.2, 0) is 9.53 Å². The van der Waals surface area contributed by atoms with Crippen LogP contribution in [0.2, 0.25) is 10.0 Å². The molecule has 1 amide bonds. The average Bonchev–Trinajstić information content (AvgIpc) is 2.70. The van der Waals surface area contributed by atoms with Crippen LogP contribution in [0.15, 0.2) is 72.8 Å². The molecule has 0 heterocycles. The second-order valence-electron chi connectivity index (χ2n) is 5.63. The van der Waals surface area contributed by atoms with Gasteiger partial charge in [-0.3, -0.25) is 4.79 Å². The molecule has 0 aliphatic carbocycles. The van der Waals surface area contributed by atoms with Crippen molar-refractivity contribution in [1.82, 2.24) is 0 Å². The second kappa shape index (κ2) is 8.71. The third-order valence-electron chi connectivity index (χ3n) is 3.79. The Morgan fingerprint density at radius 2 is 1.44 bits per heavy atom. The first-order valence-electron chi connectivity index (χ1n) is 8.11. The van der Waals surface area contributed by atoms with Crippen LogP contribution in [0, 0.1) is 0 Å². The van der Waals surface area contributed by atoms with Gasteiger partial charge in [0.25, 0.3) is 5.91 Å². The van der Waals surface area contributed by atoms with Gasteiger partial charge in [0.1, 0.15) is 0 Å². The Kier molecular flexibility index (Phi) is 6.12. The number of benzene rings is 3. The molecule has 4 nitrogen and oxygen atoms in total. The Labute approximate surface area is 166 Å². The summed E-state index contributed by atoms with van der Waals surface area (Å²) in [7, 11) is 0. The number of hydrogen-bond donors (Lipinski definition) is 1. The normalized spacial score (nSPS) is 10.3. The summed E-state index contributed by atoms with van der Waals surface area (Å²) in [5.74, 6) is -1.12. The topological polar surface area (TPSA) is 55.4 Å². The molecule has 0 aromatic heterocycles. The van der Waals surface area contributed by atoms with Crippen molar-refractivity contribution in [3.8, 4) is 11.1 Å². The molecule has 0 bridgehead atoms. The lowest BCUT2D eigenvalue weighted by Crippen LogP contribution is -2.21. The van der Waals surface area contributed by atoms with Crippen LogP contribution in [0.3, 0.4) is 0 Å². The molecule has 0 fully saturated rings. The van der Waals surface area contributed by atoms with Crippen LogP contribution in [0.25, 0.3) is 11.1 Å². The first kappa shape index (κ1) is 19.0. The highest BCUT2D eigenvalue weighted by molar-refractivity contribution is 6.39. The van der Waals surface area contributed by atoms with Gasteiger partial charge in [0.15, 0.2) is 6.61 Å². The van der Waals surface area contributed by atoms with Gasteiger partial charge in [-0.2, -0.15) is 0 Å². The molecule has 3 aromatic rings. The van der Waals surface area contributed by atoms with E-state index in [0.717, 1.165) is 11.1 Å². The van der Waals surface area contributed by atoms with Crippen molar-refractivity contribution < 1.29 is 14.3 Å². The number of esters is 1. The van der Waals surface area contributed by atoms with Crippen molar-refractivity contribution in [3.63, 3.8) is 0 Å². The summed E-state index contributed by atoms with van der Waals surface area (Å²) in [6.07, 6.45) is 0. The molecule has 136 valence electrons. The number of carbonyl (C=O) groups excluding carboxylic acids is 2. The SMILES string of the molecule is O=C(COC(=O)c1ccccc1-c1ccccc1)Nc1c(Cl)cccc1Cl. The number of rotatable bonds is 5. The van der Waals surface area contributed by atoms with Crippen LogP contribution in [0.4, 0.5) is 5.69 Å². The molecule has 0 spiro atoms. The van der Waals surface area contributed by atoms with Crippen molar-refractivity contribution in [3.05, 3.63) is 88.4 Å². The fraction of sp³-hybridized carbons (Fsp3) is 0.0476. The molecular formula is C21H15Cl2NO3. The zero-order chi connectivity index (χ0) is 19.2. The van der Waals surface area contributed by atoms with Crippen molar-refractivity contribution in [1.29, 1.82) is 0 Å². The minimum Gasteiger partial charge on any atom is -0.452 e. The Morgan fingerprint density at radius 3 is 2.15 bits per heavy atom. The van der Waals surface area contributed by atoms with Crippen LogP contribution >= 0.6 is 23.2 Å². The maximum absolute atomic E-state index is 12.5. The second-order valence-corrected chi connectivity index (χ2v) is 6.45. The maximum atomic E-state index is 12.5. The van der Waals surface area contributed by atoms with E-state index in [2.05, 4.69) is 5.32 Å². The largest absolute Gasteiger partial charge is 0.452 e. The minimum atomic E-state index is -0.588. The number of carbonyl (C=O) groups is 2. The summed E-state index contributed by atoms with van der Waals surface area (Å²) >= 11 is 12.0. The zero-order valence-corrected chi connectivity index (χ0v) is 15.6. The molecule has 3 aromatic carbocycles. The van der Waals surface area contributed by atoms with E-state index in [0.29, 0.717) is 15.6 Å². The molecule has 0 atom stereocenters. The number of amides is 1. The lowest BCUT2D eigenvalue weighted by atomic mass is 10.00. The van der Waals surface area contributed by atoms with Gasteiger partial charge in [-0.1, -0.05) is 77.8 Å². The molecule has 0 saturated carbocycles. The van der Waals surface area contributed by atoms with E-state index < -0.39 is 18.5 Å². The van der Waals surface area contributed by atoms with Gasteiger partial charge in [-0.05, 0) is 29.3 Å². The molecule has 0 saturated heterocycles. The molecular weight excluding hydrogens is 385 g/mol. The molecule has 6 heteroatoms. The Morgan fingerprint density at radius 1 is 0.815 bits per heavy atom. The van der Waals surface area contributed by atoms with E-state index in [1.165, 1.54) is 0 Å². The Balaban J connectivity index is 1.69. The Hall–Kier alpha value is -2.82. The fourth-order valence-corrected chi connectivity index (χ4v) is 3.02. The van der Waals surface area contributed by atoms with Crippen molar-refractivity contribution in [2.24, 2.45) is 0 Å². The van der Waals surface area contributed by atoms with Crippen LogP contribution in [0.5, 0.6) is 0 Å². The molecule has 0 aliphatic heterocycles. The van der Waals surface area contributed by atoms with Gasteiger partial charge >= 0.3 is 5.97 Å². The van der Waals surface area contributed by atoms with E-state index in [4.69, 9.17) is 27.9 Å². The van der Waals surface area contributed by atoms with Gasteiger partial charge in [0.05, 0.1) is 21.3 Å². The smallest absolute Gasteiger partial charge is 0.339 e. The molecule has 3 rings (SSSR count). The molecule has 1 N–H and O–H groups in total. The van der Waals surface area contributed by atoms with Crippen LogP contribution in [-0.4, -0.2) is 18.5 Å². The first-order valence-corrected chi connectivity index (χ1v) is 8.87. The monoisotopic (exact) mass is 399 g/mol.